The van der Waals surface area contributed by atoms with Gasteiger partial charge in [0.1, 0.15) is 0 Å². The number of carbonyl (C=O) groups excluding carboxylic acids is 2. The topological polar surface area (TPSA) is 40.6 Å². The first-order chi connectivity index (χ1) is 14.3. The first-order valence-corrected chi connectivity index (χ1v) is 11.4. The Hall–Kier alpha value is -2.18. The molecule has 2 amide bonds. The molecule has 0 aliphatic carbocycles. The van der Waals surface area contributed by atoms with Crippen LogP contribution in [0.25, 0.3) is 12.2 Å². The summed E-state index contributed by atoms with van der Waals surface area (Å²) in [6.07, 6.45) is 6.87. The molecule has 30 heavy (non-hydrogen) atoms. The minimum Gasteiger partial charge on any atom is -0.333 e. The quantitative estimate of drug-likeness (QED) is 0.496. The number of halogens is 2. The predicted molar refractivity (Wildman–Crippen MR) is 129 cm³/mol. The van der Waals surface area contributed by atoms with Gasteiger partial charge in [0.05, 0.1) is 0 Å². The lowest BCUT2D eigenvalue weighted by Crippen LogP contribution is -2.59. The normalized spacial score (nSPS) is 19.6. The van der Waals surface area contributed by atoms with Crippen LogP contribution in [0.4, 0.5) is 0 Å². The zero-order valence-corrected chi connectivity index (χ0v) is 20.1. The summed E-state index contributed by atoms with van der Waals surface area (Å²) in [6, 6.07) is 15.5. The SMILES string of the molecule is CC1CN(C(=O)/C=C/c2ccc(Br)cc2)C(C)CN1C(=O)/C=C/c1ccc(Br)cc1. The first-order valence-electron chi connectivity index (χ1n) is 9.82. The third-order valence-electron chi connectivity index (χ3n) is 5.13. The maximum absolute atomic E-state index is 12.7. The molecule has 1 fully saturated rings. The Morgan fingerprint density at radius 3 is 1.40 bits per heavy atom. The van der Waals surface area contributed by atoms with Gasteiger partial charge in [-0.25, -0.2) is 0 Å². The molecule has 0 spiro atoms. The van der Waals surface area contributed by atoms with Crippen molar-refractivity contribution in [2.45, 2.75) is 25.9 Å². The van der Waals surface area contributed by atoms with Crippen LogP contribution in [0.15, 0.2) is 69.6 Å². The second-order valence-corrected chi connectivity index (χ2v) is 9.28. The number of nitrogens with zero attached hydrogens (tertiary/aromatic N) is 2. The van der Waals surface area contributed by atoms with Crippen molar-refractivity contribution in [2.24, 2.45) is 0 Å². The van der Waals surface area contributed by atoms with Gasteiger partial charge < -0.3 is 9.80 Å². The number of hydrogen-bond donors (Lipinski definition) is 0. The summed E-state index contributed by atoms with van der Waals surface area (Å²) in [7, 11) is 0. The Bertz CT molecular complexity index is 873. The minimum absolute atomic E-state index is 0.0326. The summed E-state index contributed by atoms with van der Waals surface area (Å²) in [4.78, 5) is 29.1. The van der Waals surface area contributed by atoms with E-state index in [4.69, 9.17) is 0 Å². The van der Waals surface area contributed by atoms with Crippen molar-refractivity contribution in [3.8, 4) is 0 Å². The summed E-state index contributed by atoms with van der Waals surface area (Å²) in [6.45, 7) is 5.00. The summed E-state index contributed by atoms with van der Waals surface area (Å²) < 4.78 is 2.01. The third kappa shape index (κ3) is 5.92. The molecule has 2 unspecified atom stereocenters. The van der Waals surface area contributed by atoms with E-state index in [1.807, 2.05) is 84.3 Å². The van der Waals surface area contributed by atoms with Gasteiger partial charge in [-0.3, -0.25) is 9.59 Å². The second-order valence-electron chi connectivity index (χ2n) is 7.45. The van der Waals surface area contributed by atoms with E-state index in [0.29, 0.717) is 13.1 Å². The highest BCUT2D eigenvalue weighted by Gasteiger charge is 2.32. The van der Waals surface area contributed by atoms with Crippen molar-refractivity contribution >= 4 is 55.8 Å². The molecule has 2 aromatic carbocycles. The largest absolute Gasteiger partial charge is 0.333 e. The smallest absolute Gasteiger partial charge is 0.246 e. The summed E-state index contributed by atoms with van der Waals surface area (Å²) in [5.41, 5.74) is 1.94. The number of hydrogen-bond acceptors (Lipinski definition) is 2. The van der Waals surface area contributed by atoms with Crippen LogP contribution in [0.5, 0.6) is 0 Å². The number of amides is 2. The lowest BCUT2D eigenvalue weighted by atomic mass is 10.1. The van der Waals surface area contributed by atoms with Crippen molar-refractivity contribution in [1.82, 2.24) is 9.80 Å². The zero-order chi connectivity index (χ0) is 21.7. The lowest BCUT2D eigenvalue weighted by molar-refractivity contribution is -0.139. The van der Waals surface area contributed by atoms with E-state index in [1.165, 1.54) is 0 Å². The maximum Gasteiger partial charge on any atom is 0.246 e. The average Bonchev–Trinajstić information content (AvgIpc) is 2.73. The molecule has 2 aromatic rings. The van der Waals surface area contributed by atoms with E-state index >= 15 is 0 Å². The molecule has 6 heteroatoms. The van der Waals surface area contributed by atoms with Crippen molar-refractivity contribution in [3.05, 3.63) is 80.8 Å². The Balaban J connectivity index is 1.61. The Morgan fingerprint density at radius 1 is 0.733 bits per heavy atom. The van der Waals surface area contributed by atoms with Crippen LogP contribution < -0.4 is 0 Å². The molecule has 0 N–H and O–H groups in total. The van der Waals surface area contributed by atoms with Gasteiger partial charge in [-0.05, 0) is 61.4 Å². The van der Waals surface area contributed by atoms with Gasteiger partial charge in [-0.2, -0.15) is 0 Å². The molecule has 0 saturated carbocycles. The number of rotatable bonds is 4. The molecule has 0 aromatic heterocycles. The van der Waals surface area contributed by atoms with E-state index in [0.717, 1.165) is 20.1 Å². The van der Waals surface area contributed by atoms with Gasteiger partial charge in [0, 0.05) is 46.3 Å². The molecule has 3 rings (SSSR count). The Morgan fingerprint density at radius 2 is 1.07 bits per heavy atom. The van der Waals surface area contributed by atoms with Crippen LogP contribution >= 0.6 is 31.9 Å². The highest BCUT2D eigenvalue weighted by Crippen LogP contribution is 2.18. The summed E-state index contributed by atoms with van der Waals surface area (Å²) >= 11 is 6.82. The average molecular weight is 532 g/mol. The third-order valence-corrected chi connectivity index (χ3v) is 6.19. The fourth-order valence-corrected chi connectivity index (χ4v) is 3.94. The van der Waals surface area contributed by atoms with Crippen molar-refractivity contribution in [3.63, 3.8) is 0 Å². The van der Waals surface area contributed by atoms with Gasteiger partial charge in [0.2, 0.25) is 11.8 Å². The Kier molecular flexibility index (Phi) is 7.67. The number of piperazine rings is 1. The highest BCUT2D eigenvalue weighted by atomic mass is 79.9. The van der Waals surface area contributed by atoms with Crippen LogP contribution in [0.3, 0.4) is 0 Å². The Labute approximate surface area is 194 Å². The zero-order valence-electron chi connectivity index (χ0n) is 17.0. The number of benzene rings is 2. The molecule has 1 aliphatic rings. The molecule has 1 saturated heterocycles. The molecular formula is C24H24Br2N2O2. The fraction of sp³-hybridized carbons (Fsp3) is 0.250. The molecule has 1 aliphatic heterocycles. The van der Waals surface area contributed by atoms with Gasteiger partial charge in [-0.15, -0.1) is 0 Å². The van der Waals surface area contributed by atoms with Crippen molar-refractivity contribution < 1.29 is 9.59 Å². The van der Waals surface area contributed by atoms with E-state index in [9.17, 15) is 9.59 Å². The standard InChI is InChI=1S/C24H24Br2N2O2/c1-17-15-28(24(30)14-8-20-5-11-22(26)12-6-20)18(2)16-27(17)23(29)13-7-19-3-9-21(25)10-4-19/h3-14,17-18H,15-16H2,1-2H3/b13-7+,14-8+. The van der Waals surface area contributed by atoms with Crippen molar-refractivity contribution in [1.29, 1.82) is 0 Å². The van der Waals surface area contributed by atoms with Gasteiger partial charge in [-0.1, -0.05) is 56.1 Å². The summed E-state index contributed by atoms with van der Waals surface area (Å²) in [5, 5.41) is 0. The molecule has 156 valence electrons. The second kappa shape index (κ2) is 10.2. The minimum atomic E-state index is -0.0479. The number of carbonyl (C=O) groups is 2. The van der Waals surface area contributed by atoms with Crippen LogP contribution in [0, 0.1) is 0 Å². The highest BCUT2D eigenvalue weighted by molar-refractivity contribution is 9.10. The van der Waals surface area contributed by atoms with Crippen LogP contribution in [0.1, 0.15) is 25.0 Å². The summed E-state index contributed by atoms with van der Waals surface area (Å²) in [5.74, 6) is -0.0652. The van der Waals surface area contributed by atoms with Crippen LogP contribution in [-0.2, 0) is 9.59 Å². The van der Waals surface area contributed by atoms with Crippen LogP contribution in [0.2, 0.25) is 0 Å². The molecule has 2 atom stereocenters. The van der Waals surface area contributed by atoms with Gasteiger partial charge in [0.15, 0.2) is 0 Å². The monoisotopic (exact) mass is 530 g/mol. The van der Waals surface area contributed by atoms with E-state index in [1.54, 1.807) is 12.2 Å². The maximum atomic E-state index is 12.7. The lowest BCUT2D eigenvalue weighted by Gasteiger charge is -2.43. The predicted octanol–water partition coefficient (Wildman–Crippen LogP) is 5.39. The molecule has 4 nitrogen and oxygen atoms in total. The van der Waals surface area contributed by atoms with Crippen LogP contribution in [-0.4, -0.2) is 46.8 Å². The first kappa shape index (κ1) is 22.5. The fourth-order valence-electron chi connectivity index (χ4n) is 3.41. The molecular weight excluding hydrogens is 508 g/mol. The molecule has 1 heterocycles. The van der Waals surface area contributed by atoms with Crippen molar-refractivity contribution in [2.75, 3.05) is 13.1 Å². The molecule has 0 bridgehead atoms. The van der Waals surface area contributed by atoms with E-state index in [-0.39, 0.29) is 23.9 Å². The van der Waals surface area contributed by atoms with Gasteiger partial charge in [0.25, 0.3) is 0 Å². The van der Waals surface area contributed by atoms with Gasteiger partial charge >= 0.3 is 0 Å². The molecule has 0 radical (unpaired) electrons. The van der Waals surface area contributed by atoms with E-state index < -0.39 is 0 Å². The van der Waals surface area contributed by atoms with E-state index in [2.05, 4.69) is 31.9 Å².